The first kappa shape index (κ1) is 15.7. The molecule has 1 aromatic rings. The summed E-state index contributed by atoms with van der Waals surface area (Å²) in [5.41, 5.74) is 0.828. The zero-order valence-electron chi connectivity index (χ0n) is 12.9. The first-order chi connectivity index (χ1) is 10.1. The van der Waals surface area contributed by atoms with Gasteiger partial charge in [-0.05, 0) is 25.7 Å². The van der Waals surface area contributed by atoms with Crippen LogP contribution in [0.25, 0.3) is 0 Å². The Balaban J connectivity index is 2.26. The molecule has 0 aliphatic heterocycles. The summed E-state index contributed by atoms with van der Waals surface area (Å²) in [5.74, 6) is -0.473. The van der Waals surface area contributed by atoms with Gasteiger partial charge >= 0.3 is 5.97 Å². The van der Waals surface area contributed by atoms with Gasteiger partial charge in [0.1, 0.15) is 5.54 Å². The Morgan fingerprint density at radius 3 is 2.24 bits per heavy atom. The summed E-state index contributed by atoms with van der Waals surface area (Å²) in [7, 11) is 0. The normalized spacial score (nSPS) is 18.0. The van der Waals surface area contributed by atoms with E-state index < -0.39 is 11.5 Å². The molecule has 1 saturated carbocycles. The molecular weight excluding hydrogens is 268 g/mol. The van der Waals surface area contributed by atoms with Crippen molar-refractivity contribution >= 4 is 11.9 Å². The van der Waals surface area contributed by atoms with Crippen LogP contribution in [0, 0.1) is 0 Å². The summed E-state index contributed by atoms with van der Waals surface area (Å²) >= 11 is 0. The zero-order valence-corrected chi connectivity index (χ0v) is 12.9. The van der Waals surface area contributed by atoms with Gasteiger partial charge in [-0.2, -0.15) is 5.10 Å². The molecule has 2 rings (SSSR count). The van der Waals surface area contributed by atoms with E-state index in [4.69, 9.17) is 0 Å². The third kappa shape index (κ3) is 3.49. The van der Waals surface area contributed by atoms with Gasteiger partial charge in [0.25, 0.3) is 0 Å². The number of carboxylic acids is 1. The number of nitrogens with zero attached hydrogens (tertiary/aromatic N) is 3. The highest BCUT2D eigenvalue weighted by molar-refractivity contribution is 5.82. The van der Waals surface area contributed by atoms with E-state index in [0.717, 1.165) is 49.9 Å². The number of anilines is 1. The molecule has 1 fully saturated rings. The van der Waals surface area contributed by atoms with Crippen molar-refractivity contribution in [3.8, 4) is 0 Å². The lowest BCUT2D eigenvalue weighted by Crippen LogP contribution is -2.46. The Labute approximate surface area is 125 Å². The van der Waals surface area contributed by atoms with E-state index in [1.165, 1.54) is 0 Å². The molecule has 1 aromatic heterocycles. The van der Waals surface area contributed by atoms with Crippen molar-refractivity contribution in [3.63, 3.8) is 0 Å². The summed E-state index contributed by atoms with van der Waals surface area (Å²) in [5, 5.41) is 21.0. The van der Waals surface area contributed by atoms with Crippen molar-refractivity contribution in [2.75, 3.05) is 5.32 Å². The van der Waals surface area contributed by atoms with Crippen molar-refractivity contribution in [2.45, 2.75) is 70.8 Å². The third-order valence-electron chi connectivity index (χ3n) is 4.23. The van der Waals surface area contributed by atoms with Gasteiger partial charge in [0.15, 0.2) is 0 Å². The maximum atomic E-state index is 11.8. The fourth-order valence-corrected chi connectivity index (χ4v) is 2.93. The number of carboxylic acid groups (broad SMARTS) is 1. The molecule has 6 heteroatoms. The van der Waals surface area contributed by atoms with Crippen molar-refractivity contribution in [1.29, 1.82) is 0 Å². The average Bonchev–Trinajstić information content (AvgIpc) is 2.73. The molecule has 0 atom stereocenters. The van der Waals surface area contributed by atoms with Crippen molar-refractivity contribution in [1.82, 2.24) is 15.2 Å². The molecule has 6 nitrogen and oxygen atoms in total. The zero-order chi connectivity index (χ0) is 15.3. The Bertz CT molecular complexity index is 496. The highest BCUT2D eigenvalue weighted by atomic mass is 16.4. The van der Waals surface area contributed by atoms with Gasteiger partial charge in [0, 0.05) is 0 Å². The topological polar surface area (TPSA) is 88.0 Å². The number of aromatic nitrogens is 3. The van der Waals surface area contributed by atoms with E-state index in [2.05, 4.69) is 20.5 Å². The van der Waals surface area contributed by atoms with Crippen LogP contribution in [0.3, 0.4) is 0 Å². The summed E-state index contributed by atoms with van der Waals surface area (Å²) < 4.78 is 0. The van der Waals surface area contributed by atoms with Gasteiger partial charge in [-0.25, -0.2) is 9.78 Å². The van der Waals surface area contributed by atoms with Crippen molar-refractivity contribution in [2.24, 2.45) is 0 Å². The Hall–Kier alpha value is -1.72. The van der Waals surface area contributed by atoms with E-state index in [0.29, 0.717) is 18.8 Å². The standard InChI is InChI=1S/C15H24N4O2/c1-3-11-12(4-2)18-19-14(16-11)17-15(13(20)21)9-7-5-6-8-10-15/h3-10H2,1-2H3,(H,20,21)(H,16,17,19). The molecule has 1 aliphatic carbocycles. The predicted molar refractivity (Wildman–Crippen MR) is 80.3 cm³/mol. The maximum Gasteiger partial charge on any atom is 0.329 e. The van der Waals surface area contributed by atoms with Crippen LogP contribution in [0.15, 0.2) is 0 Å². The van der Waals surface area contributed by atoms with Crippen LogP contribution in [0.4, 0.5) is 5.95 Å². The largest absolute Gasteiger partial charge is 0.480 e. The van der Waals surface area contributed by atoms with E-state index in [1.54, 1.807) is 0 Å². The van der Waals surface area contributed by atoms with Crippen LogP contribution in [0.1, 0.15) is 63.8 Å². The van der Waals surface area contributed by atoms with Gasteiger partial charge in [-0.15, -0.1) is 5.10 Å². The molecule has 0 bridgehead atoms. The number of hydrogen-bond donors (Lipinski definition) is 2. The molecule has 116 valence electrons. The molecule has 21 heavy (non-hydrogen) atoms. The van der Waals surface area contributed by atoms with E-state index in [1.807, 2.05) is 13.8 Å². The second kappa shape index (κ2) is 6.83. The highest BCUT2D eigenvalue weighted by Crippen LogP contribution is 2.30. The lowest BCUT2D eigenvalue weighted by atomic mass is 9.90. The van der Waals surface area contributed by atoms with Gasteiger partial charge in [0.05, 0.1) is 11.4 Å². The van der Waals surface area contributed by atoms with Crippen molar-refractivity contribution < 1.29 is 9.90 Å². The summed E-state index contributed by atoms with van der Waals surface area (Å²) in [6.45, 7) is 4.04. The molecule has 2 N–H and O–H groups in total. The first-order valence-corrected chi connectivity index (χ1v) is 7.85. The Morgan fingerprint density at radius 1 is 1.10 bits per heavy atom. The Kier molecular flexibility index (Phi) is 5.09. The maximum absolute atomic E-state index is 11.8. The quantitative estimate of drug-likeness (QED) is 0.811. The minimum atomic E-state index is -0.947. The third-order valence-corrected chi connectivity index (χ3v) is 4.23. The van der Waals surface area contributed by atoms with Gasteiger partial charge in [-0.3, -0.25) is 0 Å². The highest BCUT2D eigenvalue weighted by Gasteiger charge is 2.39. The van der Waals surface area contributed by atoms with Crippen LogP contribution < -0.4 is 5.32 Å². The second-order valence-corrected chi connectivity index (χ2v) is 5.66. The first-order valence-electron chi connectivity index (χ1n) is 7.85. The van der Waals surface area contributed by atoms with Crippen LogP contribution in [0.2, 0.25) is 0 Å². The molecule has 0 aromatic carbocycles. The molecule has 0 saturated heterocycles. The van der Waals surface area contributed by atoms with Gasteiger partial charge in [-0.1, -0.05) is 39.5 Å². The molecule has 0 unspecified atom stereocenters. The van der Waals surface area contributed by atoms with Crippen molar-refractivity contribution in [3.05, 3.63) is 11.4 Å². The number of nitrogens with one attached hydrogen (secondary N) is 1. The van der Waals surface area contributed by atoms with Gasteiger partial charge < -0.3 is 10.4 Å². The number of aliphatic carboxylic acids is 1. The summed E-state index contributed by atoms with van der Waals surface area (Å²) in [6.07, 6.45) is 6.79. The monoisotopic (exact) mass is 292 g/mol. The average molecular weight is 292 g/mol. The molecule has 1 aliphatic rings. The van der Waals surface area contributed by atoms with E-state index in [-0.39, 0.29) is 0 Å². The van der Waals surface area contributed by atoms with E-state index >= 15 is 0 Å². The molecule has 0 amide bonds. The second-order valence-electron chi connectivity index (χ2n) is 5.66. The number of rotatable bonds is 5. The molecule has 0 spiro atoms. The number of aryl methyl sites for hydroxylation is 2. The van der Waals surface area contributed by atoms with Crippen LogP contribution >= 0.6 is 0 Å². The smallest absolute Gasteiger partial charge is 0.329 e. The lowest BCUT2D eigenvalue weighted by molar-refractivity contribution is -0.142. The minimum Gasteiger partial charge on any atom is -0.480 e. The number of carbonyl (C=O) groups is 1. The Morgan fingerprint density at radius 2 is 1.71 bits per heavy atom. The SMILES string of the molecule is CCc1nnc(NC2(C(=O)O)CCCCCC2)nc1CC. The predicted octanol–water partition coefficient (Wildman–Crippen LogP) is 2.59. The van der Waals surface area contributed by atoms with Crippen LogP contribution in [-0.2, 0) is 17.6 Å². The molecule has 1 heterocycles. The summed E-state index contributed by atoms with van der Waals surface area (Å²) in [4.78, 5) is 16.2. The molecular formula is C15H24N4O2. The minimum absolute atomic E-state index is 0.341. The van der Waals surface area contributed by atoms with Crippen LogP contribution in [0.5, 0.6) is 0 Å². The lowest BCUT2D eigenvalue weighted by Gasteiger charge is -2.29. The fraction of sp³-hybridized carbons (Fsp3) is 0.733. The van der Waals surface area contributed by atoms with E-state index in [9.17, 15) is 9.90 Å². The number of hydrogen-bond acceptors (Lipinski definition) is 5. The summed E-state index contributed by atoms with van der Waals surface area (Å²) in [6, 6.07) is 0. The van der Waals surface area contributed by atoms with Crippen LogP contribution in [-0.4, -0.2) is 31.8 Å². The molecule has 0 radical (unpaired) electrons. The fourth-order valence-electron chi connectivity index (χ4n) is 2.93. The van der Waals surface area contributed by atoms with Gasteiger partial charge in [0.2, 0.25) is 5.95 Å².